The van der Waals surface area contributed by atoms with Gasteiger partial charge in [-0.3, -0.25) is 5.32 Å². The molecule has 0 bridgehead atoms. The van der Waals surface area contributed by atoms with Crippen molar-refractivity contribution in [1.29, 1.82) is 0 Å². The van der Waals surface area contributed by atoms with Gasteiger partial charge in [0.05, 0.1) is 3.79 Å². The van der Waals surface area contributed by atoms with Gasteiger partial charge in [-0.05, 0) is 48.2 Å². The Morgan fingerprint density at radius 1 is 1.64 bits per heavy atom. The number of rotatable bonds is 1. The van der Waals surface area contributed by atoms with Gasteiger partial charge < -0.3 is 4.74 Å². The molecule has 0 unspecified atom stereocenters. The maximum absolute atomic E-state index is 11.3. The maximum atomic E-state index is 11.3. The molecule has 1 heterocycles. The van der Waals surface area contributed by atoms with Crippen molar-refractivity contribution in [2.45, 2.75) is 26.4 Å². The molecule has 1 amide bonds. The topological polar surface area (TPSA) is 51.2 Å². The molecule has 6 heteroatoms. The summed E-state index contributed by atoms with van der Waals surface area (Å²) in [5, 5.41) is 2.53. The highest BCUT2D eigenvalue weighted by atomic mass is 79.9. The van der Waals surface area contributed by atoms with Gasteiger partial charge in [0.1, 0.15) is 11.4 Å². The summed E-state index contributed by atoms with van der Waals surface area (Å²) in [4.78, 5) is 11.3. The van der Waals surface area contributed by atoms with Gasteiger partial charge in [-0.15, -0.1) is 0 Å². The van der Waals surface area contributed by atoms with Crippen LogP contribution in [-0.4, -0.2) is 16.1 Å². The largest absolute Gasteiger partial charge is 0.444 e. The number of anilines is 1. The second kappa shape index (κ2) is 4.27. The fourth-order valence-corrected chi connectivity index (χ4v) is 1.60. The van der Waals surface area contributed by atoms with Gasteiger partial charge in [0, 0.05) is 6.07 Å². The number of nitrogens with one attached hydrogen (secondary N) is 1. The summed E-state index contributed by atoms with van der Waals surface area (Å²) in [6.45, 7) is 5.43. The third-order valence-electron chi connectivity index (χ3n) is 1.11. The van der Waals surface area contributed by atoms with Gasteiger partial charge in [-0.1, -0.05) is 0 Å². The van der Waals surface area contributed by atoms with Gasteiger partial charge in [0.25, 0.3) is 0 Å². The van der Waals surface area contributed by atoms with E-state index in [2.05, 4.69) is 25.6 Å². The van der Waals surface area contributed by atoms with Crippen LogP contribution in [0, 0.1) is 0 Å². The number of amides is 1. The van der Waals surface area contributed by atoms with Crippen LogP contribution in [0.15, 0.2) is 9.85 Å². The molecular weight excluding hydrogens is 268 g/mol. The minimum absolute atomic E-state index is 0.489. The molecule has 0 aliphatic heterocycles. The first-order chi connectivity index (χ1) is 6.37. The average Bonchev–Trinajstić information content (AvgIpc) is 2.30. The third-order valence-corrected chi connectivity index (χ3v) is 2.35. The van der Waals surface area contributed by atoms with Crippen molar-refractivity contribution >= 4 is 39.4 Å². The first-order valence-corrected chi connectivity index (χ1v) is 5.56. The molecule has 1 rings (SSSR count). The van der Waals surface area contributed by atoms with E-state index in [1.165, 1.54) is 11.5 Å². The molecule has 1 aromatic heterocycles. The number of nitrogens with zero attached hydrogens (tertiary/aromatic N) is 1. The number of ether oxygens (including phenoxy) is 1. The lowest BCUT2D eigenvalue weighted by Crippen LogP contribution is -2.27. The summed E-state index contributed by atoms with van der Waals surface area (Å²) in [6.07, 6.45) is -0.490. The molecule has 0 radical (unpaired) electrons. The molecule has 0 aromatic carbocycles. The molecule has 14 heavy (non-hydrogen) atoms. The van der Waals surface area contributed by atoms with E-state index in [9.17, 15) is 4.79 Å². The monoisotopic (exact) mass is 278 g/mol. The Kier molecular flexibility index (Phi) is 3.49. The minimum Gasteiger partial charge on any atom is -0.444 e. The lowest BCUT2D eigenvalue weighted by molar-refractivity contribution is 0.0635. The molecule has 0 aliphatic carbocycles. The summed E-state index contributed by atoms with van der Waals surface area (Å²) in [5.41, 5.74) is -0.489. The maximum Gasteiger partial charge on any atom is 0.413 e. The normalized spacial score (nSPS) is 11.1. The molecule has 78 valence electrons. The Bertz CT molecular complexity index is 332. The van der Waals surface area contributed by atoms with Crippen LogP contribution in [0.4, 0.5) is 10.6 Å². The van der Waals surface area contributed by atoms with Crippen LogP contribution < -0.4 is 5.32 Å². The van der Waals surface area contributed by atoms with Gasteiger partial charge >= 0.3 is 6.09 Å². The quantitative estimate of drug-likeness (QED) is 0.858. The Morgan fingerprint density at radius 2 is 2.29 bits per heavy atom. The molecule has 4 nitrogen and oxygen atoms in total. The van der Waals surface area contributed by atoms with Crippen molar-refractivity contribution in [2.24, 2.45) is 0 Å². The highest BCUT2D eigenvalue weighted by molar-refractivity contribution is 9.11. The van der Waals surface area contributed by atoms with Crippen molar-refractivity contribution in [3.05, 3.63) is 9.85 Å². The number of carbonyl (C=O) groups is 1. The smallest absolute Gasteiger partial charge is 0.413 e. The molecule has 1 N–H and O–H groups in total. The van der Waals surface area contributed by atoms with Gasteiger partial charge in [-0.2, -0.15) is 4.37 Å². The van der Waals surface area contributed by atoms with Crippen LogP contribution >= 0.6 is 27.5 Å². The van der Waals surface area contributed by atoms with Crippen molar-refractivity contribution in [3.8, 4) is 0 Å². The molecule has 1 aromatic rings. The molecule has 0 atom stereocenters. The molecule has 0 saturated heterocycles. The second-order valence-corrected chi connectivity index (χ2v) is 5.83. The SMILES string of the molecule is CC(C)(C)OC(=O)Nc1cc(Br)sn1. The number of hydrogen-bond acceptors (Lipinski definition) is 4. The van der Waals surface area contributed by atoms with Crippen LogP contribution in [0.1, 0.15) is 20.8 Å². The first-order valence-electron chi connectivity index (χ1n) is 3.99. The highest BCUT2D eigenvalue weighted by Gasteiger charge is 2.16. The van der Waals surface area contributed by atoms with E-state index in [1.54, 1.807) is 6.07 Å². The molecule has 0 saturated carbocycles. The standard InChI is InChI=1S/C8H11BrN2O2S/c1-8(2,3)13-7(12)10-6-4-5(9)14-11-6/h4H,1-3H3,(H,10,11,12). The number of aromatic nitrogens is 1. The first kappa shape index (κ1) is 11.5. The van der Waals surface area contributed by atoms with E-state index >= 15 is 0 Å². The summed E-state index contributed by atoms with van der Waals surface area (Å²) < 4.78 is 9.88. The summed E-state index contributed by atoms with van der Waals surface area (Å²) in [6, 6.07) is 1.72. The van der Waals surface area contributed by atoms with E-state index in [4.69, 9.17) is 4.74 Å². The zero-order valence-electron chi connectivity index (χ0n) is 8.13. The van der Waals surface area contributed by atoms with Crippen LogP contribution in [0.3, 0.4) is 0 Å². The molecule has 0 spiro atoms. The van der Waals surface area contributed by atoms with Crippen LogP contribution in [-0.2, 0) is 4.74 Å². The zero-order valence-corrected chi connectivity index (χ0v) is 10.5. The van der Waals surface area contributed by atoms with Crippen molar-refractivity contribution in [1.82, 2.24) is 4.37 Å². The number of halogens is 1. The molecule has 0 aliphatic rings. The van der Waals surface area contributed by atoms with E-state index in [0.29, 0.717) is 5.82 Å². The highest BCUT2D eigenvalue weighted by Crippen LogP contribution is 2.20. The van der Waals surface area contributed by atoms with E-state index in [-0.39, 0.29) is 0 Å². The van der Waals surface area contributed by atoms with Crippen molar-refractivity contribution < 1.29 is 9.53 Å². The minimum atomic E-state index is -0.490. The van der Waals surface area contributed by atoms with E-state index in [0.717, 1.165) is 3.79 Å². The lowest BCUT2D eigenvalue weighted by Gasteiger charge is -2.18. The van der Waals surface area contributed by atoms with E-state index < -0.39 is 11.7 Å². The van der Waals surface area contributed by atoms with Gasteiger partial charge in [-0.25, -0.2) is 4.79 Å². The van der Waals surface area contributed by atoms with Gasteiger partial charge in [0.15, 0.2) is 0 Å². The van der Waals surface area contributed by atoms with E-state index in [1.807, 2.05) is 20.8 Å². The zero-order chi connectivity index (χ0) is 10.8. The Morgan fingerprint density at radius 3 is 2.71 bits per heavy atom. The number of carbonyl (C=O) groups excluding carboxylic acids is 1. The molecule has 0 fully saturated rings. The molecular formula is C8H11BrN2O2S. The fraction of sp³-hybridized carbons (Fsp3) is 0.500. The lowest BCUT2D eigenvalue weighted by atomic mass is 10.2. The summed E-state index contributed by atoms with van der Waals surface area (Å²) in [5.74, 6) is 0.496. The Hall–Kier alpha value is -0.620. The van der Waals surface area contributed by atoms with Crippen LogP contribution in [0.25, 0.3) is 0 Å². The number of hydrogen-bond donors (Lipinski definition) is 1. The average molecular weight is 279 g/mol. The Balaban J connectivity index is 2.50. The predicted octanol–water partition coefficient (Wildman–Crippen LogP) is 3.25. The van der Waals surface area contributed by atoms with Crippen molar-refractivity contribution in [3.63, 3.8) is 0 Å². The predicted molar refractivity (Wildman–Crippen MR) is 59.7 cm³/mol. The second-order valence-electron chi connectivity index (χ2n) is 3.64. The van der Waals surface area contributed by atoms with Crippen molar-refractivity contribution in [2.75, 3.05) is 5.32 Å². The van der Waals surface area contributed by atoms with Crippen LogP contribution in [0.2, 0.25) is 0 Å². The Labute approximate surface area is 94.9 Å². The summed E-state index contributed by atoms with van der Waals surface area (Å²) in [7, 11) is 0. The third kappa shape index (κ3) is 4.06. The fourth-order valence-electron chi connectivity index (χ4n) is 0.720. The van der Waals surface area contributed by atoms with Gasteiger partial charge in [0.2, 0.25) is 0 Å². The van der Waals surface area contributed by atoms with Crippen LogP contribution in [0.5, 0.6) is 0 Å². The summed E-state index contributed by atoms with van der Waals surface area (Å²) >= 11 is 4.51.